The summed E-state index contributed by atoms with van der Waals surface area (Å²) in [6.07, 6.45) is 1.24. The van der Waals surface area contributed by atoms with Crippen molar-refractivity contribution in [2.75, 3.05) is 13.7 Å². The van der Waals surface area contributed by atoms with E-state index in [1.807, 2.05) is 13.8 Å². The lowest BCUT2D eigenvalue weighted by Gasteiger charge is -2.25. The van der Waals surface area contributed by atoms with Crippen LogP contribution in [-0.4, -0.2) is 31.0 Å². The number of benzene rings is 1. The molecule has 21 heavy (non-hydrogen) atoms. The van der Waals surface area contributed by atoms with Gasteiger partial charge in [0.25, 0.3) is 0 Å². The minimum atomic E-state index is -2.91. The average Bonchev–Trinajstić information content (AvgIpc) is 2.48. The first-order valence-corrected chi connectivity index (χ1v) is 6.99. The summed E-state index contributed by atoms with van der Waals surface area (Å²) in [5.41, 5.74) is -0.230. The number of hydrogen-bond donors (Lipinski definition) is 2. The van der Waals surface area contributed by atoms with E-state index in [9.17, 15) is 13.9 Å². The summed E-state index contributed by atoms with van der Waals surface area (Å²) in [6, 6.07) is 4.96. The van der Waals surface area contributed by atoms with Crippen LogP contribution in [0, 0.1) is 0 Å². The number of halogens is 2. The number of rotatable bonds is 9. The molecule has 0 saturated heterocycles. The van der Waals surface area contributed by atoms with Crippen LogP contribution < -0.4 is 14.8 Å². The van der Waals surface area contributed by atoms with Crippen LogP contribution in [0.1, 0.15) is 32.3 Å². The topological polar surface area (TPSA) is 50.7 Å². The second kappa shape index (κ2) is 8.14. The second-order valence-corrected chi connectivity index (χ2v) is 4.86. The Bertz CT molecular complexity index is 437. The fourth-order valence-electron chi connectivity index (χ4n) is 2.01. The first kappa shape index (κ1) is 17.7. The number of nitrogens with one attached hydrogen (secondary N) is 1. The van der Waals surface area contributed by atoms with Gasteiger partial charge in [0.1, 0.15) is 0 Å². The molecule has 0 unspecified atom stereocenters. The molecule has 0 saturated carbocycles. The van der Waals surface area contributed by atoms with Gasteiger partial charge < -0.3 is 19.9 Å². The minimum Gasteiger partial charge on any atom is -0.493 e. The minimum absolute atomic E-state index is 0.0269. The molecule has 0 aromatic heterocycles. The molecule has 0 heterocycles. The van der Waals surface area contributed by atoms with E-state index in [2.05, 4.69) is 10.1 Å². The van der Waals surface area contributed by atoms with Crippen LogP contribution in [0.15, 0.2) is 18.2 Å². The summed E-state index contributed by atoms with van der Waals surface area (Å²) >= 11 is 0. The van der Waals surface area contributed by atoms with Crippen LogP contribution in [0.25, 0.3) is 0 Å². The fourth-order valence-corrected chi connectivity index (χ4v) is 2.01. The maximum absolute atomic E-state index is 12.5. The molecule has 1 aromatic carbocycles. The standard InChI is InChI=1S/C15H23F2NO3/c1-4-15(19,5-2)10-18-9-11-7-6-8-12(20-3)13(11)21-14(16)17/h6-8,14,18-19H,4-5,9-10H2,1-3H3. The third-order valence-corrected chi connectivity index (χ3v) is 3.57. The maximum atomic E-state index is 12.5. The monoisotopic (exact) mass is 303 g/mol. The van der Waals surface area contributed by atoms with E-state index < -0.39 is 12.2 Å². The van der Waals surface area contributed by atoms with Gasteiger partial charge in [-0.25, -0.2) is 0 Å². The molecule has 6 heteroatoms. The lowest BCUT2D eigenvalue weighted by molar-refractivity contribution is -0.0519. The SMILES string of the molecule is CCC(O)(CC)CNCc1cccc(OC)c1OC(F)F. The van der Waals surface area contributed by atoms with Crippen LogP contribution >= 0.6 is 0 Å². The van der Waals surface area contributed by atoms with E-state index in [1.54, 1.807) is 18.2 Å². The maximum Gasteiger partial charge on any atom is 0.387 e. The summed E-state index contributed by atoms with van der Waals surface area (Å²) in [5, 5.41) is 13.3. The number of aliphatic hydroxyl groups is 1. The van der Waals surface area contributed by atoms with E-state index in [0.29, 0.717) is 31.5 Å². The smallest absolute Gasteiger partial charge is 0.387 e. The van der Waals surface area contributed by atoms with Gasteiger partial charge in [0, 0.05) is 18.7 Å². The molecule has 0 radical (unpaired) electrons. The Morgan fingerprint density at radius 3 is 2.48 bits per heavy atom. The molecule has 0 bridgehead atoms. The highest BCUT2D eigenvalue weighted by atomic mass is 19.3. The molecular weight excluding hydrogens is 280 g/mol. The molecule has 120 valence electrons. The van der Waals surface area contributed by atoms with Crippen molar-refractivity contribution in [3.8, 4) is 11.5 Å². The zero-order valence-corrected chi connectivity index (χ0v) is 12.7. The predicted octanol–water partition coefficient (Wildman–Crippen LogP) is 2.94. The Morgan fingerprint density at radius 1 is 1.29 bits per heavy atom. The van der Waals surface area contributed by atoms with E-state index in [-0.39, 0.29) is 11.5 Å². The number of methoxy groups -OCH3 is 1. The summed E-state index contributed by atoms with van der Waals surface area (Å²) in [7, 11) is 1.40. The molecule has 0 spiro atoms. The highest BCUT2D eigenvalue weighted by Gasteiger charge is 2.22. The zero-order chi connectivity index (χ0) is 15.9. The van der Waals surface area contributed by atoms with Crippen molar-refractivity contribution in [2.45, 2.75) is 45.4 Å². The van der Waals surface area contributed by atoms with Crippen LogP contribution in [0.2, 0.25) is 0 Å². The van der Waals surface area contributed by atoms with Gasteiger partial charge in [-0.1, -0.05) is 26.0 Å². The van der Waals surface area contributed by atoms with Crippen molar-refractivity contribution in [1.82, 2.24) is 5.32 Å². The Labute approximate surface area is 124 Å². The van der Waals surface area contributed by atoms with Crippen LogP contribution in [-0.2, 0) is 6.54 Å². The highest BCUT2D eigenvalue weighted by molar-refractivity contribution is 5.46. The zero-order valence-electron chi connectivity index (χ0n) is 12.7. The summed E-state index contributed by atoms with van der Waals surface area (Å²) in [4.78, 5) is 0. The molecule has 0 amide bonds. The molecule has 1 rings (SSSR count). The number of hydrogen-bond acceptors (Lipinski definition) is 4. The summed E-state index contributed by atoms with van der Waals surface area (Å²) < 4.78 is 34.6. The lowest BCUT2D eigenvalue weighted by Crippen LogP contribution is -2.39. The molecule has 2 N–H and O–H groups in total. The second-order valence-electron chi connectivity index (χ2n) is 4.86. The molecule has 0 fully saturated rings. The Morgan fingerprint density at radius 2 is 1.95 bits per heavy atom. The van der Waals surface area contributed by atoms with Crippen LogP contribution in [0.4, 0.5) is 8.78 Å². The molecular formula is C15H23F2NO3. The number of alkyl halides is 2. The average molecular weight is 303 g/mol. The Kier molecular flexibility index (Phi) is 6.84. The summed E-state index contributed by atoms with van der Waals surface area (Å²) in [6.45, 7) is 1.58. The summed E-state index contributed by atoms with van der Waals surface area (Å²) in [5.74, 6) is 0.287. The van der Waals surface area contributed by atoms with Crippen molar-refractivity contribution in [2.24, 2.45) is 0 Å². The Hall–Kier alpha value is -1.40. The molecule has 1 aromatic rings. The number of ether oxygens (including phenoxy) is 2. The van der Waals surface area contributed by atoms with E-state index in [0.717, 1.165) is 0 Å². The molecule has 0 aliphatic rings. The molecule has 0 aliphatic carbocycles. The quantitative estimate of drug-likeness (QED) is 0.736. The first-order chi connectivity index (χ1) is 9.95. The lowest BCUT2D eigenvalue weighted by atomic mass is 9.97. The van der Waals surface area contributed by atoms with E-state index in [1.165, 1.54) is 7.11 Å². The van der Waals surface area contributed by atoms with Crippen LogP contribution in [0.3, 0.4) is 0 Å². The van der Waals surface area contributed by atoms with E-state index >= 15 is 0 Å². The van der Waals surface area contributed by atoms with Crippen LogP contribution in [0.5, 0.6) is 11.5 Å². The van der Waals surface area contributed by atoms with Gasteiger partial charge in [0.2, 0.25) is 0 Å². The van der Waals surface area contributed by atoms with Gasteiger partial charge in [-0.3, -0.25) is 0 Å². The van der Waals surface area contributed by atoms with Gasteiger partial charge >= 0.3 is 6.61 Å². The first-order valence-electron chi connectivity index (χ1n) is 6.99. The van der Waals surface area contributed by atoms with Gasteiger partial charge in [-0.05, 0) is 18.9 Å². The van der Waals surface area contributed by atoms with Gasteiger partial charge in [0.15, 0.2) is 11.5 Å². The normalized spacial score (nSPS) is 11.8. The number of para-hydroxylation sites is 1. The van der Waals surface area contributed by atoms with Gasteiger partial charge in [-0.15, -0.1) is 0 Å². The fraction of sp³-hybridized carbons (Fsp3) is 0.600. The van der Waals surface area contributed by atoms with Crippen molar-refractivity contribution < 1.29 is 23.4 Å². The van der Waals surface area contributed by atoms with E-state index in [4.69, 9.17) is 4.74 Å². The van der Waals surface area contributed by atoms with Crippen molar-refractivity contribution in [1.29, 1.82) is 0 Å². The molecule has 4 nitrogen and oxygen atoms in total. The third kappa shape index (κ3) is 5.13. The molecule has 0 atom stereocenters. The van der Waals surface area contributed by atoms with Crippen molar-refractivity contribution in [3.63, 3.8) is 0 Å². The van der Waals surface area contributed by atoms with Crippen molar-refractivity contribution in [3.05, 3.63) is 23.8 Å². The van der Waals surface area contributed by atoms with Gasteiger partial charge in [-0.2, -0.15) is 8.78 Å². The Balaban J connectivity index is 2.78. The highest BCUT2D eigenvalue weighted by Crippen LogP contribution is 2.32. The van der Waals surface area contributed by atoms with Gasteiger partial charge in [0.05, 0.1) is 12.7 Å². The largest absolute Gasteiger partial charge is 0.493 e. The predicted molar refractivity (Wildman–Crippen MR) is 76.9 cm³/mol. The van der Waals surface area contributed by atoms with Crippen molar-refractivity contribution >= 4 is 0 Å². The third-order valence-electron chi connectivity index (χ3n) is 3.57. The molecule has 0 aliphatic heterocycles.